The Morgan fingerprint density at radius 3 is 2.56 bits per heavy atom. The average molecular weight is 575 g/mol. The van der Waals surface area contributed by atoms with E-state index in [4.69, 9.17) is 17.0 Å². The SMILES string of the molecule is COc1ccc(N2CCN(CCCNC(=O)CCCn3c(=S)[nH]c4ccc(Br)cc4c3=O)CC2)cc1. The molecule has 10 heteroatoms. The normalized spacial score (nSPS) is 14.2. The molecule has 2 heterocycles. The van der Waals surface area contributed by atoms with Crippen LogP contribution in [0.15, 0.2) is 51.7 Å². The summed E-state index contributed by atoms with van der Waals surface area (Å²) in [4.78, 5) is 33.0. The van der Waals surface area contributed by atoms with Crippen molar-refractivity contribution in [3.63, 3.8) is 0 Å². The monoisotopic (exact) mass is 573 g/mol. The van der Waals surface area contributed by atoms with Crippen molar-refractivity contribution >= 4 is 50.6 Å². The van der Waals surface area contributed by atoms with E-state index in [2.05, 4.69) is 48.2 Å². The highest BCUT2D eigenvalue weighted by Crippen LogP contribution is 2.20. The van der Waals surface area contributed by atoms with Gasteiger partial charge in [-0.15, -0.1) is 0 Å². The van der Waals surface area contributed by atoms with Gasteiger partial charge in [-0.05, 0) is 74.1 Å². The average Bonchev–Trinajstić information content (AvgIpc) is 2.89. The fourth-order valence-corrected chi connectivity index (χ4v) is 5.11. The summed E-state index contributed by atoms with van der Waals surface area (Å²) in [6.07, 6.45) is 1.83. The zero-order valence-electron chi connectivity index (χ0n) is 20.5. The van der Waals surface area contributed by atoms with E-state index in [1.165, 1.54) is 10.3 Å². The highest BCUT2D eigenvalue weighted by molar-refractivity contribution is 9.10. The number of hydrogen-bond donors (Lipinski definition) is 2. The summed E-state index contributed by atoms with van der Waals surface area (Å²) < 4.78 is 7.98. The minimum Gasteiger partial charge on any atom is -0.497 e. The molecule has 36 heavy (non-hydrogen) atoms. The summed E-state index contributed by atoms with van der Waals surface area (Å²) in [5, 5.41) is 3.58. The third kappa shape index (κ3) is 6.74. The molecular formula is C26H32BrN5O3S. The molecule has 1 aromatic heterocycles. The summed E-state index contributed by atoms with van der Waals surface area (Å²) in [6, 6.07) is 13.7. The molecule has 1 amide bonds. The van der Waals surface area contributed by atoms with E-state index in [1.807, 2.05) is 24.3 Å². The molecule has 1 saturated heterocycles. The minimum atomic E-state index is -0.137. The molecule has 2 N–H and O–H groups in total. The number of carbonyl (C=O) groups excluding carboxylic acids is 1. The maximum Gasteiger partial charge on any atom is 0.262 e. The molecule has 0 aliphatic carbocycles. The molecule has 0 spiro atoms. The van der Waals surface area contributed by atoms with E-state index in [9.17, 15) is 9.59 Å². The molecule has 192 valence electrons. The lowest BCUT2D eigenvalue weighted by atomic mass is 10.2. The number of anilines is 1. The molecule has 1 fully saturated rings. The van der Waals surface area contributed by atoms with Gasteiger partial charge in [0.05, 0.1) is 18.0 Å². The minimum absolute atomic E-state index is 0.00538. The van der Waals surface area contributed by atoms with E-state index in [0.29, 0.717) is 41.6 Å². The van der Waals surface area contributed by atoms with Crippen molar-refractivity contribution in [2.45, 2.75) is 25.8 Å². The predicted octanol–water partition coefficient (Wildman–Crippen LogP) is 3.94. The van der Waals surface area contributed by atoms with E-state index in [0.717, 1.165) is 49.4 Å². The summed E-state index contributed by atoms with van der Waals surface area (Å²) in [7, 11) is 1.68. The molecule has 0 unspecified atom stereocenters. The summed E-state index contributed by atoms with van der Waals surface area (Å²) in [5.41, 5.74) is 1.80. The topological polar surface area (TPSA) is 82.6 Å². The number of ether oxygens (including phenoxy) is 1. The number of nitrogens with one attached hydrogen (secondary N) is 2. The highest BCUT2D eigenvalue weighted by atomic mass is 79.9. The second-order valence-corrected chi connectivity index (χ2v) is 10.2. The van der Waals surface area contributed by atoms with Gasteiger partial charge in [0.1, 0.15) is 5.75 Å². The van der Waals surface area contributed by atoms with Crippen molar-refractivity contribution in [1.82, 2.24) is 19.8 Å². The number of amides is 1. The van der Waals surface area contributed by atoms with Gasteiger partial charge in [0.25, 0.3) is 5.56 Å². The first kappa shape index (κ1) is 26.4. The number of piperazine rings is 1. The van der Waals surface area contributed by atoms with Crippen LogP contribution in [0.4, 0.5) is 5.69 Å². The summed E-state index contributed by atoms with van der Waals surface area (Å²) >= 11 is 8.76. The van der Waals surface area contributed by atoms with E-state index >= 15 is 0 Å². The van der Waals surface area contributed by atoms with Crippen molar-refractivity contribution in [3.05, 3.63) is 62.1 Å². The first-order chi connectivity index (χ1) is 17.4. The van der Waals surface area contributed by atoms with Gasteiger partial charge < -0.3 is 19.9 Å². The Morgan fingerprint density at radius 1 is 1.08 bits per heavy atom. The van der Waals surface area contributed by atoms with Crippen LogP contribution in [-0.2, 0) is 11.3 Å². The molecule has 0 saturated carbocycles. The number of methoxy groups -OCH3 is 1. The largest absolute Gasteiger partial charge is 0.497 e. The van der Waals surface area contributed by atoms with Crippen molar-refractivity contribution in [1.29, 1.82) is 0 Å². The first-order valence-electron chi connectivity index (χ1n) is 12.2. The fraction of sp³-hybridized carbons (Fsp3) is 0.423. The quantitative estimate of drug-likeness (QED) is 0.282. The van der Waals surface area contributed by atoms with Crippen LogP contribution >= 0.6 is 28.1 Å². The zero-order valence-corrected chi connectivity index (χ0v) is 22.9. The number of aromatic amines is 1. The molecule has 4 rings (SSSR count). The molecule has 8 nitrogen and oxygen atoms in total. The van der Waals surface area contributed by atoms with Crippen molar-refractivity contribution < 1.29 is 9.53 Å². The summed E-state index contributed by atoms with van der Waals surface area (Å²) in [6.45, 7) is 6.03. The van der Waals surface area contributed by atoms with Crippen LogP contribution in [0.5, 0.6) is 5.75 Å². The van der Waals surface area contributed by atoms with Gasteiger partial charge in [0.2, 0.25) is 5.91 Å². The van der Waals surface area contributed by atoms with Crippen LogP contribution < -0.4 is 20.5 Å². The Balaban J connectivity index is 1.14. The Bertz CT molecular complexity index is 1300. The molecular weight excluding hydrogens is 542 g/mol. The van der Waals surface area contributed by atoms with Crippen LogP contribution in [0.3, 0.4) is 0 Å². The third-order valence-electron chi connectivity index (χ3n) is 6.51. The molecule has 0 bridgehead atoms. The Morgan fingerprint density at radius 2 is 1.83 bits per heavy atom. The van der Waals surface area contributed by atoms with Gasteiger partial charge in [-0.25, -0.2) is 0 Å². The van der Waals surface area contributed by atoms with E-state index in [1.54, 1.807) is 13.2 Å². The maximum atomic E-state index is 12.8. The van der Waals surface area contributed by atoms with Crippen LogP contribution in [0.25, 0.3) is 10.9 Å². The zero-order chi connectivity index (χ0) is 25.5. The second kappa shape index (κ2) is 12.5. The smallest absolute Gasteiger partial charge is 0.262 e. The first-order valence-corrected chi connectivity index (χ1v) is 13.4. The van der Waals surface area contributed by atoms with Crippen molar-refractivity contribution in [2.75, 3.05) is 51.3 Å². The number of halogens is 1. The number of benzene rings is 2. The lowest BCUT2D eigenvalue weighted by Gasteiger charge is -2.36. The Labute approximate surface area is 224 Å². The molecule has 1 aliphatic heterocycles. The standard InChI is InChI=1S/C26H32BrN5O3S/c1-35-21-8-6-20(7-9-21)31-16-14-30(15-17-31)12-3-11-28-24(33)4-2-13-32-25(34)22-18-19(27)5-10-23(22)29-26(32)36/h5-10,18H,2-4,11-17H2,1H3,(H,28,33)(H,29,36). The molecule has 0 radical (unpaired) electrons. The van der Waals surface area contributed by atoms with Crippen LogP contribution in [0, 0.1) is 4.77 Å². The number of rotatable bonds is 10. The number of nitrogens with zero attached hydrogens (tertiary/aromatic N) is 3. The maximum absolute atomic E-state index is 12.8. The van der Waals surface area contributed by atoms with E-state index < -0.39 is 0 Å². The second-order valence-electron chi connectivity index (χ2n) is 8.91. The van der Waals surface area contributed by atoms with Gasteiger partial charge in [-0.2, -0.15) is 0 Å². The predicted molar refractivity (Wildman–Crippen MR) is 150 cm³/mol. The Hall–Kier alpha value is -2.69. The number of aromatic nitrogens is 2. The number of fused-ring (bicyclic) bond motifs is 1. The number of carbonyl (C=O) groups is 1. The number of H-pyrrole nitrogens is 1. The van der Waals surface area contributed by atoms with Crippen molar-refractivity contribution in [2.24, 2.45) is 0 Å². The van der Waals surface area contributed by atoms with Crippen molar-refractivity contribution in [3.8, 4) is 5.75 Å². The van der Waals surface area contributed by atoms with Gasteiger partial charge in [-0.1, -0.05) is 15.9 Å². The number of hydrogen-bond acceptors (Lipinski definition) is 6. The molecule has 0 atom stereocenters. The van der Waals surface area contributed by atoms with Crippen LogP contribution in [-0.4, -0.2) is 66.7 Å². The Kier molecular flexibility index (Phi) is 9.17. The highest BCUT2D eigenvalue weighted by Gasteiger charge is 2.17. The van der Waals surface area contributed by atoms with Gasteiger partial charge in [0.15, 0.2) is 4.77 Å². The van der Waals surface area contributed by atoms with E-state index in [-0.39, 0.29) is 11.5 Å². The van der Waals surface area contributed by atoms with Gasteiger partial charge >= 0.3 is 0 Å². The lowest BCUT2D eigenvalue weighted by Crippen LogP contribution is -2.47. The summed E-state index contributed by atoms with van der Waals surface area (Å²) in [5.74, 6) is 0.880. The van der Waals surface area contributed by atoms with Crippen LogP contribution in [0.1, 0.15) is 19.3 Å². The van der Waals surface area contributed by atoms with Gasteiger partial charge in [-0.3, -0.25) is 19.1 Å². The lowest BCUT2D eigenvalue weighted by molar-refractivity contribution is -0.121. The van der Waals surface area contributed by atoms with Crippen LogP contribution in [0.2, 0.25) is 0 Å². The van der Waals surface area contributed by atoms with Gasteiger partial charge in [0, 0.05) is 55.8 Å². The third-order valence-corrected chi connectivity index (χ3v) is 7.33. The molecule has 1 aliphatic rings. The molecule has 3 aromatic rings. The fourth-order valence-electron chi connectivity index (χ4n) is 4.47. The molecule has 2 aromatic carbocycles.